The van der Waals surface area contributed by atoms with Crippen molar-refractivity contribution >= 4 is 17.7 Å². The summed E-state index contributed by atoms with van der Waals surface area (Å²) < 4.78 is 30.6. The van der Waals surface area contributed by atoms with Gasteiger partial charge in [-0.25, -0.2) is 8.78 Å². The van der Waals surface area contributed by atoms with Gasteiger partial charge in [0.2, 0.25) is 5.91 Å². The summed E-state index contributed by atoms with van der Waals surface area (Å²) in [6.07, 6.45) is -0.470. The predicted molar refractivity (Wildman–Crippen MR) is 77.2 cm³/mol. The summed E-state index contributed by atoms with van der Waals surface area (Å²) in [5.41, 5.74) is 0. The van der Waals surface area contributed by atoms with Crippen molar-refractivity contribution in [2.75, 3.05) is 33.1 Å². The molecule has 0 aliphatic carbocycles. The van der Waals surface area contributed by atoms with E-state index in [-0.39, 0.29) is 25.5 Å². The van der Waals surface area contributed by atoms with Gasteiger partial charge in [0.15, 0.2) is 11.6 Å². The maximum absolute atomic E-state index is 13.0. The number of thioether (sulfide) groups is 1. The van der Waals surface area contributed by atoms with E-state index in [1.54, 1.807) is 7.05 Å². The van der Waals surface area contributed by atoms with Gasteiger partial charge >= 0.3 is 0 Å². The van der Waals surface area contributed by atoms with E-state index in [4.69, 9.17) is 4.74 Å². The molecule has 7 heteroatoms. The lowest BCUT2D eigenvalue weighted by atomic mass is 10.3. The molecule has 0 fully saturated rings. The number of benzene rings is 1. The van der Waals surface area contributed by atoms with Crippen LogP contribution in [0.2, 0.25) is 0 Å². The van der Waals surface area contributed by atoms with E-state index in [2.05, 4.69) is 0 Å². The Morgan fingerprint density at radius 1 is 1.43 bits per heavy atom. The molecule has 0 saturated heterocycles. The van der Waals surface area contributed by atoms with E-state index in [0.717, 1.165) is 12.1 Å². The normalized spacial score (nSPS) is 12.2. The van der Waals surface area contributed by atoms with Gasteiger partial charge in [0.05, 0.1) is 12.7 Å². The van der Waals surface area contributed by atoms with Gasteiger partial charge in [0.1, 0.15) is 0 Å². The molecule has 0 aromatic heterocycles. The summed E-state index contributed by atoms with van der Waals surface area (Å²) >= 11 is 1.28. The number of carbonyl (C=O) groups excluding carboxylic acids is 1. The second-order valence-corrected chi connectivity index (χ2v) is 5.73. The van der Waals surface area contributed by atoms with E-state index in [1.807, 2.05) is 0 Å². The topological polar surface area (TPSA) is 49.8 Å². The molecular weight excluding hydrogens is 300 g/mol. The Morgan fingerprint density at radius 2 is 2.14 bits per heavy atom. The number of nitrogens with zero attached hydrogens (tertiary/aromatic N) is 1. The van der Waals surface area contributed by atoms with E-state index in [0.29, 0.717) is 10.6 Å². The zero-order valence-electron chi connectivity index (χ0n) is 12.0. The third-order valence-corrected chi connectivity index (χ3v) is 3.74. The predicted octanol–water partition coefficient (Wildman–Crippen LogP) is 1.91. The van der Waals surface area contributed by atoms with E-state index in [9.17, 15) is 18.7 Å². The van der Waals surface area contributed by atoms with Gasteiger partial charge in [-0.3, -0.25) is 4.79 Å². The van der Waals surface area contributed by atoms with Crippen LogP contribution < -0.4 is 0 Å². The van der Waals surface area contributed by atoms with E-state index in [1.165, 1.54) is 29.8 Å². The van der Waals surface area contributed by atoms with Crippen molar-refractivity contribution in [2.24, 2.45) is 0 Å². The van der Waals surface area contributed by atoms with Crippen LogP contribution >= 0.6 is 11.8 Å². The van der Waals surface area contributed by atoms with Crippen LogP contribution in [-0.4, -0.2) is 55.1 Å². The van der Waals surface area contributed by atoms with Gasteiger partial charge in [-0.05, 0) is 18.2 Å². The van der Waals surface area contributed by atoms with E-state index >= 15 is 0 Å². The molecule has 1 aromatic carbocycles. The number of amides is 1. The molecule has 1 unspecified atom stereocenters. The van der Waals surface area contributed by atoms with Crippen molar-refractivity contribution in [1.29, 1.82) is 0 Å². The molecule has 1 atom stereocenters. The molecule has 21 heavy (non-hydrogen) atoms. The molecular formula is C14H19F2NO3S. The van der Waals surface area contributed by atoms with Gasteiger partial charge in [-0.1, -0.05) is 0 Å². The highest BCUT2D eigenvalue weighted by molar-refractivity contribution is 7.99. The Kier molecular flexibility index (Phi) is 7.63. The summed E-state index contributed by atoms with van der Waals surface area (Å²) in [7, 11) is 3.08. The molecule has 0 heterocycles. The fourth-order valence-corrected chi connectivity index (χ4v) is 2.54. The molecule has 1 N–H and O–H groups in total. The third-order valence-electron chi connectivity index (χ3n) is 2.75. The van der Waals surface area contributed by atoms with E-state index < -0.39 is 17.7 Å². The van der Waals surface area contributed by atoms with Crippen molar-refractivity contribution in [3.05, 3.63) is 29.8 Å². The van der Waals surface area contributed by atoms with Gasteiger partial charge in [0.25, 0.3) is 0 Å². The van der Waals surface area contributed by atoms with Gasteiger partial charge in [0, 0.05) is 37.8 Å². The summed E-state index contributed by atoms with van der Waals surface area (Å²) in [6.45, 7) is 0.365. The first-order chi connectivity index (χ1) is 9.93. The first-order valence-corrected chi connectivity index (χ1v) is 7.41. The summed E-state index contributed by atoms with van der Waals surface area (Å²) in [5, 5.41) is 9.53. The van der Waals surface area contributed by atoms with Crippen molar-refractivity contribution < 1.29 is 23.4 Å². The molecule has 1 aromatic rings. The molecule has 0 spiro atoms. The second kappa shape index (κ2) is 8.96. The van der Waals surface area contributed by atoms with Crippen molar-refractivity contribution in [2.45, 2.75) is 17.4 Å². The molecule has 0 saturated carbocycles. The van der Waals surface area contributed by atoms with Crippen LogP contribution in [-0.2, 0) is 9.53 Å². The van der Waals surface area contributed by atoms with Crippen molar-refractivity contribution in [1.82, 2.24) is 4.90 Å². The SMILES string of the molecule is COCC(O)CN(C)C(=O)CCSc1ccc(F)c(F)c1. The lowest BCUT2D eigenvalue weighted by Gasteiger charge is -2.20. The molecule has 0 bridgehead atoms. The summed E-state index contributed by atoms with van der Waals surface area (Å²) in [5.74, 6) is -1.46. The molecule has 4 nitrogen and oxygen atoms in total. The number of carbonyl (C=O) groups is 1. The maximum Gasteiger partial charge on any atom is 0.223 e. The molecule has 1 rings (SSSR count). The fourth-order valence-electron chi connectivity index (χ4n) is 1.68. The Balaban J connectivity index is 2.34. The highest BCUT2D eigenvalue weighted by atomic mass is 32.2. The molecule has 1 amide bonds. The fraction of sp³-hybridized carbons (Fsp3) is 0.500. The van der Waals surface area contributed by atoms with Crippen molar-refractivity contribution in [3.63, 3.8) is 0 Å². The van der Waals surface area contributed by atoms with Gasteiger partial charge < -0.3 is 14.7 Å². The van der Waals surface area contributed by atoms with Crippen LogP contribution in [0.4, 0.5) is 8.78 Å². The summed E-state index contributed by atoms with van der Waals surface area (Å²) in [6, 6.07) is 3.64. The van der Waals surface area contributed by atoms with Crippen LogP contribution in [0.25, 0.3) is 0 Å². The quantitative estimate of drug-likeness (QED) is 0.744. The zero-order valence-corrected chi connectivity index (χ0v) is 12.8. The number of methoxy groups -OCH3 is 1. The number of rotatable bonds is 8. The number of likely N-dealkylation sites (N-methyl/N-ethyl adjacent to an activating group) is 1. The Hall–Kier alpha value is -1.18. The number of halogens is 2. The van der Waals surface area contributed by atoms with Crippen LogP contribution in [0, 0.1) is 11.6 Å². The first kappa shape index (κ1) is 17.9. The minimum Gasteiger partial charge on any atom is -0.389 e. The average Bonchev–Trinajstić information content (AvgIpc) is 2.42. The number of aliphatic hydroxyl groups is 1. The molecule has 0 aliphatic heterocycles. The Labute approximate surface area is 127 Å². The maximum atomic E-state index is 13.0. The Morgan fingerprint density at radius 3 is 2.76 bits per heavy atom. The lowest BCUT2D eigenvalue weighted by molar-refractivity contribution is -0.131. The third kappa shape index (κ3) is 6.41. The van der Waals surface area contributed by atoms with Crippen molar-refractivity contribution in [3.8, 4) is 0 Å². The number of aliphatic hydroxyl groups excluding tert-OH is 1. The van der Waals surface area contributed by atoms with Crippen LogP contribution in [0.5, 0.6) is 0 Å². The first-order valence-electron chi connectivity index (χ1n) is 6.43. The highest BCUT2D eigenvalue weighted by Crippen LogP contribution is 2.21. The zero-order chi connectivity index (χ0) is 15.8. The number of ether oxygens (including phenoxy) is 1. The van der Waals surface area contributed by atoms with Gasteiger partial charge in [-0.2, -0.15) is 0 Å². The van der Waals surface area contributed by atoms with Gasteiger partial charge in [-0.15, -0.1) is 11.8 Å². The molecule has 0 aliphatic rings. The molecule has 0 radical (unpaired) electrons. The smallest absolute Gasteiger partial charge is 0.223 e. The second-order valence-electron chi connectivity index (χ2n) is 4.56. The lowest BCUT2D eigenvalue weighted by Crippen LogP contribution is -2.36. The van der Waals surface area contributed by atoms with Crippen LogP contribution in [0.3, 0.4) is 0 Å². The summed E-state index contributed by atoms with van der Waals surface area (Å²) in [4.78, 5) is 13.8. The number of hydrogen-bond donors (Lipinski definition) is 1. The molecule has 118 valence electrons. The largest absolute Gasteiger partial charge is 0.389 e. The minimum atomic E-state index is -0.897. The van der Waals surface area contributed by atoms with Crippen LogP contribution in [0.1, 0.15) is 6.42 Å². The monoisotopic (exact) mass is 319 g/mol. The van der Waals surface area contributed by atoms with Crippen LogP contribution in [0.15, 0.2) is 23.1 Å². The highest BCUT2D eigenvalue weighted by Gasteiger charge is 2.13. The minimum absolute atomic E-state index is 0.125. The standard InChI is InChI=1S/C14H19F2NO3S/c1-17(8-10(18)9-20-2)14(19)5-6-21-11-3-4-12(15)13(16)7-11/h3-4,7,10,18H,5-6,8-9H2,1-2H3. The average molecular weight is 319 g/mol. The number of hydrogen-bond acceptors (Lipinski definition) is 4. The Bertz CT molecular complexity index is 474.